The molecule has 2 aromatic rings. The monoisotopic (exact) mass is 365 g/mol. The van der Waals surface area contributed by atoms with Crippen LogP contribution in [0.4, 0.5) is 5.69 Å². The van der Waals surface area contributed by atoms with Gasteiger partial charge in [0.15, 0.2) is 16.6 Å². The predicted octanol–water partition coefficient (Wildman–Crippen LogP) is 3.39. The molecule has 0 aromatic heterocycles. The van der Waals surface area contributed by atoms with E-state index in [9.17, 15) is 10.2 Å². The molecule has 0 bridgehead atoms. The largest absolute Gasteiger partial charge is 0.504 e. The average Bonchev–Trinajstić information content (AvgIpc) is 2.55. The van der Waals surface area contributed by atoms with Gasteiger partial charge in [-0.25, -0.2) is 0 Å². The molecule has 0 atom stereocenters. The minimum atomic E-state index is -0.323. The molecule has 6 nitrogen and oxygen atoms in total. The summed E-state index contributed by atoms with van der Waals surface area (Å²) in [5, 5.41) is 27.1. The van der Waals surface area contributed by atoms with Crippen LogP contribution in [0, 0.1) is 6.92 Å². The van der Waals surface area contributed by atoms with Crippen molar-refractivity contribution in [3.63, 3.8) is 0 Å². The Morgan fingerprint density at radius 1 is 1.33 bits per heavy atom. The van der Waals surface area contributed by atoms with Gasteiger partial charge < -0.3 is 20.3 Å². The molecule has 126 valence electrons. The van der Waals surface area contributed by atoms with E-state index < -0.39 is 0 Å². The number of nitrogens with one attached hydrogen (secondary N) is 2. The van der Waals surface area contributed by atoms with Crippen molar-refractivity contribution >= 4 is 40.8 Å². The number of hydrogen-bond donors (Lipinski definition) is 4. The van der Waals surface area contributed by atoms with Crippen molar-refractivity contribution in [2.75, 3.05) is 12.4 Å². The van der Waals surface area contributed by atoms with Gasteiger partial charge in [0.05, 0.1) is 13.3 Å². The van der Waals surface area contributed by atoms with E-state index in [-0.39, 0.29) is 22.4 Å². The van der Waals surface area contributed by atoms with E-state index in [1.54, 1.807) is 6.07 Å². The summed E-state index contributed by atoms with van der Waals surface area (Å²) in [6, 6.07) is 8.33. The van der Waals surface area contributed by atoms with E-state index in [1.807, 2.05) is 19.1 Å². The highest BCUT2D eigenvalue weighted by Crippen LogP contribution is 2.35. The number of thiocarbonyl (C=S) groups is 1. The first-order chi connectivity index (χ1) is 11.4. The van der Waals surface area contributed by atoms with Gasteiger partial charge >= 0.3 is 0 Å². The summed E-state index contributed by atoms with van der Waals surface area (Å²) in [5.41, 5.74) is 4.84. The van der Waals surface area contributed by atoms with Crippen LogP contribution in [0.1, 0.15) is 11.1 Å². The minimum Gasteiger partial charge on any atom is -0.504 e. The summed E-state index contributed by atoms with van der Waals surface area (Å²) in [6.07, 6.45) is 1.43. The molecule has 8 heteroatoms. The fourth-order valence-corrected chi connectivity index (χ4v) is 2.24. The molecule has 0 aliphatic rings. The number of methoxy groups -OCH3 is 1. The van der Waals surface area contributed by atoms with Crippen molar-refractivity contribution in [1.82, 2.24) is 5.43 Å². The van der Waals surface area contributed by atoms with Crippen molar-refractivity contribution in [3.05, 3.63) is 46.5 Å². The average molecular weight is 366 g/mol. The first kappa shape index (κ1) is 17.8. The Morgan fingerprint density at radius 2 is 2.08 bits per heavy atom. The zero-order chi connectivity index (χ0) is 17.7. The molecule has 0 saturated heterocycles. The Kier molecular flexibility index (Phi) is 5.83. The molecule has 0 heterocycles. The third-order valence-corrected chi connectivity index (χ3v) is 3.80. The Morgan fingerprint density at radius 3 is 2.79 bits per heavy atom. The van der Waals surface area contributed by atoms with Gasteiger partial charge in [0, 0.05) is 16.3 Å². The van der Waals surface area contributed by atoms with Crippen LogP contribution >= 0.6 is 23.8 Å². The quantitative estimate of drug-likeness (QED) is 0.287. The van der Waals surface area contributed by atoms with Crippen molar-refractivity contribution < 1.29 is 14.9 Å². The number of aromatic hydroxyl groups is 2. The number of hydrazone groups is 1. The molecule has 0 aliphatic carbocycles. The van der Waals surface area contributed by atoms with Gasteiger partial charge in [-0.1, -0.05) is 17.7 Å². The van der Waals surface area contributed by atoms with E-state index in [0.717, 1.165) is 11.3 Å². The van der Waals surface area contributed by atoms with Crippen LogP contribution in [0.15, 0.2) is 35.4 Å². The molecule has 0 spiro atoms. The van der Waals surface area contributed by atoms with Crippen LogP contribution in [0.5, 0.6) is 17.2 Å². The van der Waals surface area contributed by atoms with Gasteiger partial charge in [-0.2, -0.15) is 5.10 Å². The van der Waals surface area contributed by atoms with Crippen molar-refractivity contribution in [2.45, 2.75) is 6.92 Å². The van der Waals surface area contributed by atoms with E-state index >= 15 is 0 Å². The lowest BCUT2D eigenvalue weighted by molar-refractivity contribution is 0.351. The SMILES string of the molecule is COc1cc(/C=N/NC(=S)Nc2cccc(Cl)c2C)cc(O)c1O. The third kappa shape index (κ3) is 4.27. The molecule has 2 rings (SSSR count). The van der Waals surface area contributed by atoms with Crippen LogP contribution in [-0.4, -0.2) is 28.6 Å². The van der Waals surface area contributed by atoms with Gasteiger partial charge in [0.2, 0.25) is 5.75 Å². The van der Waals surface area contributed by atoms with Gasteiger partial charge in [-0.05, 0) is 49.0 Å². The first-order valence-corrected chi connectivity index (χ1v) is 7.66. The fraction of sp³-hybridized carbons (Fsp3) is 0.125. The lowest BCUT2D eigenvalue weighted by atomic mass is 10.2. The summed E-state index contributed by atoms with van der Waals surface area (Å²) in [5.74, 6) is -0.478. The van der Waals surface area contributed by atoms with Crippen LogP contribution in [0.2, 0.25) is 5.02 Å². The normalized spacial score (nSPS) is 10.6. The topological polar surface area (TPSA) is 86.1 Å². The summed E-state index contributed by atoms with van der Waals surface area (Å²) in [4.78, 5) is 0. The summed E-state index contributed by atoms with van der Waals surface area (Å²) in [6.45, 7) is 1.88. The molecule has 4 N–H and O–H groups in total. The zero-order valence-electron chi connectivity index (χ0n) is 13.0. The Bertz CT molecular complexity index is 796. The van der Waals surface area contributed by atoms with Crippen molar-refractivity contribution in [2.24, 2.45) is 5.10 Å². The number of halogens is 1. The number of phenols is 2. The Hall–Kier alpha value is -2.51. The number of ether oxygens (including phenoxy) is 1. The van der Waals surface area contributed by atoms with Crippen LogP contribution in [-0.2, 0) is 0 Å². The number of benzene rings is 2. The Labute approximate surface area is 149 Å². The molecule has 0 saturated carbocycles. The van der Waals surface area contributed by atoms with Gasteiger partial charge in [-0.15, -0.1) is 0 Å². The van der Waals surface area contributed by atoms with Gasteiger partial charge in [0.1, 0.15) is 0 Å². The molecule has 0 radical (unpaired) electrons. The second-order valence-electron chi connectivity index (χ2n) is 4.83. The minimum absolute atomic E-state index is 0.145. The lowest BCUT2D eigenvalue weighted by Crippen LogP contribution is -2.24. The molecule has 0 amide bonds. The zero-order valence-corrected chi connectivity index (χ0v) is 14.6. The van der Waals surface area contributed by atoms with E-state index in [4.69, 9.17) is 28.6 Å². The number of hydrogen-bond acceptors (Lipinski definition) is 5. The van der Waals surface area contributed by atoms with E-state index in [1.165, 1.54) is 25.5 Å². The maximum Gasteiger partial charge on any atom is 0.200 e. The van der Waals surface area contributed by atoms with E-state index in [2.05, 4.69) is 15.8 Å². The molecular formula is C16H16ClN3O3S. The van der Waals surface area contributed by atoms with Crippen molar-refractivity contribution in [3.8, 4) is 17.2 Å². The second kappa shape index (κ2) is 7.85. The van der Waals surface area contributed by atoms with Crippen molar-refractivity contribution in [1.29, 1.82) is 0 Å². The van der Waals surface area contributed by atoms with E-state index in [0.29, 0.717) is 10.6 Å². The highest BCUT2D eigenvalue weighted by Gasteiger charge is 2.08. The molecule has 0 aliphatic heterocycles. The number of nitrogens with zero attached hydrogens (tertiary/aromatic N) is 1. The van der Waals surface area contributed by atoms with Gasteiger partial charge in [0.25, 0.3) is 0 Å². The Balaban J connectivity index is 2.02. The molecule has 0 unspecified atom stereocenters. The fourth-order valence-electron chi connectivity index (χ4n) is 1.90. The molecule has 0 fully saturated rings. The standard InChI is InChI=1S/C16H16ClN3O3S/c1-9-11(17)4-3-5-12(9)19-16(24)20-18-8-10-6-13(21)15(22)14(7-10)23-2/h3-8,21-22H,1-2H3,(H2,19,20,24)/b18-8+. The maximum absolute atomic E-state index is 9.61. The highest BCUT2D eigenvalue weighted by molar-refractivity contribution is 7.80. The smallest absolute Gasteiger partial charge is 0.200 e. The van der Waals surface area contributed by atoms with Crippen LogP contribution in [0.25, 0.3) is 0 Å². The lowest BCUT2D eigenvalue weighted by Gasteiger charge is -2.10. The molecule has 2 aromatic carbocycles. The summed E-state index contributed by atoms with van der Waals surface area (Å²) < 4.78 is 4.95. The maximum atomic E-state index is 9.61. The summed E-state index contributed by atoms with van der Waals surface area (Å²) >= 11 is 11.2. The first-order valence-electron chi connectivity index (χ1n) is 6.87. The molecular weight excluding hydrogens is 350 g/mol. The predicted molar refractivity (Wildman–Crippen MR) is 99.5 cm³/mol. The van der Waals surface area contributed by atoms with Crippen LogP contribution < -0.4 is 15.5 Å². The van der Waals surface area contributed by atoms with Gasteiger partial charge in [-0.3, -0.25) is 5.43 Å². The second-order valence-corrected chi connectivity index (χ2v) is 5.64. The summed E-state index contributed by atoms with van der Waals surface area (Å²) in [7, 11) is 1.39. The number of phenolic OH excluding ortho intramolecular Hbond substituents is 2. The molecule has 24 heavy (non-hydrogen) atoms. The highest BCUT2D eigenvalue weighted by atomic mass is 35.5. The third-order valence-electron chi connectivity index (χ3n) is 3.19. The number of anilines is 1. The van der Waals surface area contributed by atoms with Crippen LogP contribution in [0.3, 0.4) is 0 Å². The number of rotatable bonds is 4.